The van der Waals surface area contributed by atoms with Crippen molar-refractivity contribution in [3.8, 4) is 0 Å². The molecule has 4 nitrogen and oxygen atoms in total. The van der Waals surface area contributed by atoms with E-state index < -0.39 is 0 Å². The van der Waals surface area contributed by atoms with Gasteiger partial charge in [-0.1, -0.05) is 13.8 Å². The second-order valence-electron chi connectivity index (χ2n) is 5.37. The first-order chi connectivity index (χ1) is 7.49. The number of carbonyl (C=O) groups excluding carboxylic acids is 2. The molecule has 0 aromatic heterocycles. The van der Waals surface area contributed by atoms with Gasteiger partial charge in [-0.05, 0) is 25.2 Å². The van der Waals surface area contributed by atoms with Gasteiger partial charge in [0.15, 0.2) is 0 Å². The van der Waals surface area contributed by atoms with Crippen molar-refractivity contribution in [1.29, 1.82) is 0 Å². The van der Waals surface area contributed by atoms with Crippen LogP contribution in [-0.4, -0.2) is 22.6 Å². The highest BCUT2D eigenvalue weighted by atomic mass is 16.1. The van der Waals surface area contributed by atoms with Gasteiger partial charge in [-0.25, -0.2) is 0 Å². The molecule has 0 aromatic carbocycles. The van der Waals surface area contributed by atoms with Crippen LogP contribution in [0.15, 0.2) is 0 Å². The van der Waals surface area contributed by atoms with Gasteiger partial charge in [0.05, 0.1) is 0 Å². The Hall–Kier alpha value is -1.28. The summed E-state index contributed by atoms with van der Waals surface area (Å²) < 4.78 is 0. The van der Waals surface area contributed by atoms with Gasteiger partial charge in [-0.15, -0.1) is 0 Å². The first kappa shape index (κ1) is 11.2. The molecule has 16 heavy (non-hydrogen) atoms. The molecule has 3 saturated carbocycles. The number of rotatable bonds is 2. The van der Waals surface area contributed by atoms with E-state index in [2.05, 4.69) is 4.79 Å². The summed E-state index contributed by atoms with van der Waals surface area (Å²) in [7, 11) is 0. The maximum Gasteiger partial charge on any atom is 0.323 e. The zero-order chi connectivity index (χ0) is 11.9. The van der Waals surface area contributed by atoms with Crippen LogP contribution in [0.2, 0.25) is 0 Å². The molecule has 0 heterocycles. The molecule has 0 unspecified atom stereocenters. The van der Waals surface area contributed by atoms with Crippen LogP contribution in [0.5, 0.6) is 0 Å². The van der Waals surface area contributed by atoms with E-state index in [0.29, 0.717) is 12.2 Å². The Kier molecular flexibility index (Phi) is 2.55. The normalized spacial score (nSPS) is 41.6. The molecular weight excluding hydrogens is 204 g/mol. The monoisotopic (exact) mass is 220 g/mol. The third-order valence-corrected chi connectivity index (χ3v) is 4.42. The van der Waals surface area contributed by atoms with Crippen molar-refractivity contribution in [2.75, 3.05) is 0 Å². The molecule has 0 radical (unpaired) electrons. The predicted octanol–water partition coefficient (Wildman–Crippen LogP) is 1.50. The zero-order valence-corrected chi connectivity index (χ0v) is 9.64. The second kappa shape index (κ2) is 3.63. The van der Waals surface area contributed by atoms with Gasteiger partial charge in [0.2, 0.25) is 5.78 Å². The van der Waals surface area contributed by atoms with Crippen molar-refractivity contribution < 1.29 is 14.4 Å². The fourth-order valence-electron chi connectivity index (χ4n) is 3.46. The molecule has 0 N–H and O–H groups in total. The number of Topliss-reactive ketones (excluding diaryl/α,β-unsaturated/α-hetero) is 2. The summed E-state index contributed by atoms with van der Waals surface area (Å²) in [5.41, 5.74) is 8.07. The maximum atomic E-state index is 12.0. The minimum atomic E-state index is -0.336. The number of fused-ring (bicyclic) bond motifs is 3. The summed E-state index contributed by atoms with van der Waals surface area (Å²) >= 11 is 0. The highest BCUT2D eigenvalue weighted by Gasteiger charge is 2.54. The number of nitrogens with zero attached hydrogens (tertiary/aromatic N) is 2. The van der Waals surface area contributed by atoms with Crippen LogP contribution >= 0.6 is 0 Å². The fraction of sp³-hybridized carbons (Fsp3) is 0.750. The molecule has 4 heteroatoms. The van der Waals surface area contributed by atoms with E-state index in [1.165, 1.54) is 0 Å². The molecule has 0 saturated heterocycles. The second-order valence-corrected chi connectivity index (χ2v) is 5.37. The van der Waals surface area contributed by atoms with Crippen LogP contribution in [-0.2, 0) is 9.59 Å². The van der Waals surface area contributed by atoms with Gasteiger partial charge in [0.25, 0.3) is 0 Å². The van der Waals surface area contributed by atoms with Gasteiger partial charge in [0.1, 0.15) is 5.78 Å². The van der Waals surface area contributed by atoms with Crippen molar-refractivity contribution >= 4 is 17.8 Å². The van der Waals surface area contributed by atoms with Crippen molar-refractivity contribution in [3.05, 3.63) is 5.53 Å². The van der Waals surface area contributed by atoms with Crippen LogP contribution in [0.3, 0.4) is 0 Å². The molecule has 3 fully saturated rings. The highest BCUT2D eigenvalue weighted by molar-refractivity contribution is 6.26. The van der Waals surface area contributed by atoms with E-state index in [1.807, 2.05) is 13.8 Å². The first-order valence-corrected chi connectivity index (χ1v) is 5.75. The number of carbonyl (C=O) groups is 2. The van der Waals surface area contributed by atoms with E-state index in [4.69, 9.17) is 5.53 Å². The minimum absolute atomic E-state index is 0.0338. The fourth-order valence-corrected chi connectivity index (χ4v) is 3.46. The average molecular weight is 220 g/mol. The van der Waals surface area contributed by atoms with Crippen molar-refractivity contribution in [2.45, 2.75) is 33.1 Å². The highest BCUT2D eigenvalue weighted by Crippen LogP contribution is 2.53. The molecule has 0 spiro atoms. The van der Waals surface area contributed by atoms with Crippen LogP contribution < -0.4 is 0 Å². The summed E-state index contributed by atoms with van der Waals surface area (Å²) in [4.78, 5) is 26.6. The number of hydrogen-bond acceptors (Lipinski definition) is 2. The maximum absolute atomic E-state index is 12.0. The summed E-state index contributed by atoms with van der Waals surface area (Å²) in [5.74, 6) is 0.127. The van der Waals surface area contributed by atoms with Gasteiger partial charge < -0.3 is 5.53 Å². The lowest BCUT2D eigenvalue weighted by Gasteiger charge is -2.49. The Balaban J connectivity index is 2.30. The topological polar surface area (TPSA) is 70.5 Å². The van der Waals surface area contributed by atoms with E-state index in [0.717, 1.165) is 19.1 Å². The van der Waals surface area contributed by atoms with Gasteiger partial charge in [-0.3, -0.25) is 9.59 Å². The van der Waals surface area contributed by atoms with E-state index >= 15 is 0 Å². The standard InChI is InChI=1S/C12H16N2O2/c1-7-8-3-4-12(2,11(7)16)5-9(8)10(15)6-14-13/h6-9H,3-5H2,1-2H3/t7-,8+,9+,12+/m0/s1. The van der Waals surface area contributed by atoms with E-state index in [9.17, 15) is 9.59 Å². The molecular formula is C12H16N2O2. The average Bonchev–Trinajstić information content (AvgIpc) is 2.25. The lowest BCUT2D eigenvalue weighted by Crippen LogP contribution is -2.52. The van der Waals surface area contributed by atoms with Crippen LogP contribution in [0.25, 0.3) is 5.53 Å². The molecule has 2 bridgehead atoms. The largest absolute Gasteiger partial charge is 0.361 e. The molecule has 3 rings (SSSR count). The summed E-state index contributed by atoms with van der Waals surface area (Å²) in [6.07, 6.45) is 3.41. The molecule has 3 aliphatic carbocycles. The molecule has 86 valence electrons. The molecule has 0 aliphatic heterocycles. The molecule has 4 atom stereocenters. The summed E-state index contributed by atoms with van der Waals surface area (Å²) in [6.45, 7) is 3.87. The zero-order valence-electron chi connectivity index (χ0n) is 9.64. The summed E-state index contributed by atoms with van der Waals surface area (Å²) in [6, 6.07) is 0. The van der Waals surface area contributed by atoms with E-state index in [1.54, 1.807) is 0 Å². The predicted molar refractivity (Wildman–Crippen MR) is 57.8 cm³/mol. The number of ketones is 2. The smallest absolute Gasteiger partial charge is 0.323 e. The lowest BCUT2D eigenvalue weighted by molar-refractivity contribution is -0.151. The Labute approximate surface area is 94.6 Å². The minimum Gasteiger partial charge on any atom is -0.361 e. The third-order valence-electron chi connectivity index (χ3n) is 4.42. The molecule has 0 aromatic rings. The Morgan fingerprint density at radius 3 is 2.88 bits per heavy atom. The molecule has 3 aliphatic rings. The van der Waals surface area contributed by atoms with Crippen LogP contribution in [0.1, 0.15) is 33.1 Å². The first-order valence-electron chi connectivity index (χ1n) is 5.75. The third kappa shape index (κ3) is 1.45. The van der Waals surface area contributed by atoms with Crippen LogP contribution in [0, 0.1) is 23.2 Å². The number of hydrogen-bond donors (Lipinski definition) is 0. The SMILES string of the molecule is C[C@@H]1C(=O)[C@]2(C)CC[C@H]1[C@H](C(=O)C=[N+]=[N-])C2. The molecule has 0 amide bonds. The van der Waals surface area contributed by atoms with Gasteiger partial charge >= 0.3 is 6.21 Å². The van der Waals surface area contributed by atoms with Crippen molar-refractivity contribution in [1.82, 2.24) is 0 Å². The quantitative estimate of drug-likeness (QED) is 0.402. The van der Waals surface area contributed by atoms with Crippen molar-refractivity contribution in [3.63, 3.8) is 0 Å². The Morgan fingerprint density at radius 1 is 1.62 bits per heavy atom. The van der Waals surface area contributed by atoms with E-state index in [-0.39, 0.29) is 29.0 Å². The van der Waals surface area contributed by atoms with Crippen LogP contribution in [0.4, 0.5) is 0 Å². The lowest BCUT2D eigenvalue weighted by atomic mass is 9.52. The van der Waals surface area contributed by atoms with Gasteiger partial charge in [-0.2, -0.15) is 4.79 Å². The summed E-state index contributed by atoms with van der Waals surface area (Å²) in [5, 5.41) is 0. The Bertz CT molecular complexity index is 398. The van der Waals surface area contributed by atoms with Crippen molar-refractivity contribution in [2.24, 2.45) is 23.2 Å². The Morgan fingerprint density at radius 2 is 2.31 bits per heavy atom. The van der Waals surface area contributed by atoms with Gasteiger partial charge in [0, 0.05) is 17.3 Å².